The van der Waals surface area contributed by atoms with Gasteiger partial charge in [0.15, 0.2) is 5.69 Å². The van der Waals surface area contributed by atoms with Gasteiger partial charge in [0.05, 0.1) is 22.1 Å². The molecule has 2 aromatic heterocycles. The van der Waals surface area contributed by atoms with E-state index in [9.17, 15) is 19.5 Å². The van der Waals surface area contributed by atoms with E-state index in [-0.39, 0.29) is 23.3 Å². The molecule has 0 aliphatic rings. The second-order valence-corrected chi connectivity index (χ2v) is 8.29. The van der Waals surface area contributed by atoms with Crippen LogP contribution in [0.1, 0.15) is 21.6 Å². The van der Waals surface area contributed by atoms with Crippen LogP contribution in [-0.2, 0) is 6.54 Å². The Morgan fingerprint density at radius 2 is 1.79 bits per heavy atom. The minimum absolute atomic E-state index is 0.00958. The zero-order valence-corrected chi connectivity index (χ0v) is 18.3. The second kappa shape index (κ2) is 7.79. The zero-order chi connectivity index (χ0) is 23.3. The van der Waals surface area contributed by atoms with E-state index in [0.717, 1.165) is 15.7 Å². The van der Waals surface area contributed by atoms with Gasteiger partial charge in [0.1, 0.15) is 0 Å². The lowest BCUT2D eigenvalue weighted by molar-refractivity contribution is 0.0686. The Morgan fingerprint density at radius 1 is 1.00 bits per heavy atom. The third kappa shape index (κ3) is 3.43. The van der Waals surface area contributed by atoms with Crippen LogP contribution in [0.25, 0.3) is 27.5 Å². The van der Waals surface area contributed by atoms with E-state index >= 15 is 0 Å². The van der Waals surface area contributed by atoms with E-state index in [1.54, 1.807) is 47.0 Å². The molecular weight excluding hydrogens is 442 g/mol. The van der Waals surface area contributed by atoms with E-state index in [2.05, 4.69) is 4.98 Å². The molecule has 164 valence electrons. The first-order valence-electron chi connectivity index (χ1n) is 10.2. The molecule has 0 fully saturated rings. The van der Waals surface area contributed by atoms with Gasteiger partial charge in [-0.15, -0.1) is 0 Å². The third-order valence-corrected chi connectivity index (χ3v) is 5.89. The summed E-state index contributed by atoms with van der Waals surface area (Å²) in [6, 6.07) is 19.2. The fourth-order valence-corrected chi connectivity index (χ4v) is 4.45. The summed E-state index contributed by atoms with van der Waals surface area (Å²) in [5.41, 5.74) is 1.33. The number of halogens is 1. The molecule has 0 atom stereocenters. The first-order chi connectivity index (χ1) is 15.8. The summed E-state index contributed by atoms with van der Waals surface area (Å²) in [5, 5.41) is 11.3. The molecule has 0 saturated heterocycles. The average molecular weight is 460 g/mol. The fraction of sp³-hybridized carbons (Fsp3) is 0.0800. The number of nitrogens with one attached hydrogen (secondary N) is 1. The minimum Gasteiger partial charge on any atom is -0.477 e. The number of carboxylic acid groups (broad SMARTS) is 1. The standard InChI is InChI=1S/C25H18ClN3O4/c1-14-5-4-6-15(11-14)13-28-20-10-9-16(26)12-18(20)21(22(28)24(31)32)29-23(30)17-7-2-3-8-19(17)27-25(29)33/h2-12H,13H2,1H3,(H,27,33)(H,31,32). The van der Waals surface area contributed by atoms with Crippen molar-refractivity contribution in [2.75, 3.05) is 0 Å². The van der Waals surface area contributed by atoms with Crippen molar-refractivity contribution in [3.05, 3.63) is 109 Å². The second-order valence-electron chi connectivity index (χ2n) is 7.86. The van der Waals surface area contributed by atoms with Crippen molar-refractivity contribution in [1.29, 1.82) is 0 Å². The molecule has 0 aliphatic heterocycles. The third-order valence-electron chi connectivity index (χ3n) is 5.65. The van der Waals surface area contributed by atoms with Crippen molar-refractivity contribution in [2.45, 2.75) is 13.5 Å². The Kier molecular flexibility index (Phi) is 4.91. The van der Waals surface area contributed by atoms with Gasteiger partial charge in [0.2, 0.25) is 0 Å². The molecule has 3 aromatic carbocycles. The number of carbonyl (C=O) groups is 1. The van der Waals surface area contributed by atoms with Gasteiger partial charge in [-0.2, -0.15) is 0 Å². The summed E-state index contributed by atoms with van der Waals surface area (Å²) in [7, 11) is 0. The number of benzene rings is 3. The molecule has 0 saturated carbocycles. The molecule has 7 nitrogen and oxygen atoms in total. The molecule has 0 radical (unpaired) electrons. The lowest BCUT2D eigenvalue weighted by Gasteiger charge is -2.11. The van der Waals surface area contributed by atoms with Crippen molar-refractivity contribution in [3.63, 3.8) is 0 Å². The number of nitrogens with zero attached hydrogens (tertiary/aromatic N) is 2. The monoisotopic (exact) mass is 459 g/mol. The predicted octanol–water partition coefficient (Wildman–Crippen LogP) is 4.34. The Hall–Kier alpha value is -4.10. The number of hydrogen-bond donors (Lipinski definition) is 2. The molecule has 0 bridgehead atoms. The lowest BCUT2D eigenvalue weighted by Crippen LogP contribution is -2.34. The number of carboxylic acids is 1. The molecule has 8 heteroatoms. The van der Waals surface area contributed by atoms with E-state index in [1.165, 1.54) is 0 Å². The molecular formula is C25H18ClN3O4. The molecule has 2 heterocycles. The number of aromatic nitrogens is 3. The fourth-order valence-electron chi connectivity index (χ4n) is 4.28. The Balaban J connectivity index is 1.91. The van der Waals surface area contributed by atoms with Crippen LogP contribution in [0.5, 0.6) is 0 Å². The topological polar surface area (TPSA) is 97.1 Å². The normalized spacial score (nSPS) is 11.3. The number of hydrogen-bond acceptors (Lipinski definition) is 3. The van der Waals surface area contributed by atoms with Gasteiger partial charge in [-0.1, -0.05) is 53.6 Å². The largest absolute Gasteiger partial charge is 0.477 e. The maximum absolute atomic E-state index is 13.4. The van der Waals surface area contributed by atoms with Crippen LogP contribution >= 0.6 is 11.6 Å². The number of aromatic amines is 1. The molecule has 5 rings (SSSR count). The van der Waals surface area contributed by atoms with E-state index in [1.807, 2.05) is 31.2 Å². The molecule has 33 heavy (non-hydrogen) atoms. The summed E-state index contributed by atoms with van der Waals surface area (Å²) < 4.78 is 2.48. The molecule has 0 spiro atoms. The van der Waals surface area contributed by atoms with Crippen LogP contribution in [0.2, 0.25) is 5.02 Å². The SMILES string of the molecule is Cc1cccc(Cn2c(C(=O)O)c(-n3c(=O)[nH]c4ccccc4c3=O)c3cc(Cl)ccc32)c1. The van der Waals surface area contributed by atoms with Gasteiger partial charge in [-0.05, 0) is 42.8 Å². The van der Waals surface area contributed by atoms with E-state index < -0.39 is 17.2 Å². The van der Waals surface area contributed by atoms with Crippen molar-refractivity contribution in [2.24, 2.45) is 0 Å². The number of para-hydroxylation sites is 1. The van der Waals surface area contributed by atoms with Crippen LogP contribution < -0.4 is 11.2 Å². The summed E-state index contributed by atoms with van der Waals surface area (Å²) in [6.07, 6.45) is 0. The molecule has 5 aromatic rings. The van der Waals surface area contributed by atoms with Crippen molar-refractivity contribution < 1.29 is 9.90 Å². The van der Waals surface area contributed by atoms with E-state index in [4.69, 9.17) is 11.6 Å². The van der Waals surface area contributed by atoms with Crippen molar-refractivity contribution in [3.8, 4) is 5.69 Å². The van der Waals surface area contributed by atoms with Crippen LogP contribution in [0, 0.1) is 6.92 Å². The summed E-state index contributed by atoms with van der Waals surface area (Å²) in [5.74, 6) is -1.26. The highest BCUT2D eigenvalue weighted by molar-refractivity contribution is 6.31. The van der Waals surface area contributed by atoms with Crippen molar-refractivity contribution >= 4 is 39.4 Å². The number of aromatic carboxylic acids is 1. The number of H-pyrrole nitrogens is 1. The molecule has 0 unspecified atom stereocenters. The molecule has 0 aliphatic carbocycles. The van der Waals surface area contributed by atoms with Gasteiger partial charge in [-0.25, -0.2) is 14.2 Å². The van der Waals surface area contributed by atoms with Gasteiger partial charge >= 0.3 is 11.7 Å². The highest BCUT2D eigenvalue weighted by atomic mass is 35.5. The number of rotatable bonds is 4. The van der Waals surface area contributed by atoms with Crippen LogP contribution in [0.4, 0.5) is 0 Å². The van der Waals surface area contributed by atoms with E-state index in [0.29, 0.717) is 21.4 Å². The summed E-state index contributed by atoms with van der Waals surface area (Å²) in [4.78, 5) is 41.6. The highest BCUT2D eigenvalue weighted by Crippen LogP contribution is 2.32. The molecule has 0 amide bonds. The molecule has 2 N–H and O–H groups in total. The average Bonchev–Trinajstić information content (AvgIpc) is 3.07. The van der Waals surface area contributed by atoms with Crippen LogP contribution in [0.15, 0.2) is 76.3 Å². The first-order valence-corrected chi connectivity index (χ1v) is 10.6. The number of fused-ring (bicyclic) bond motifs is 2. The maximum Gasteiger partial charge on any atom is 0.354 e. The quantitative estimate of drug-likeness (QED) is 0.417. The Bertz CT molecular complexity index is 1690. The highest BCUT2D eigenvalue weighted by Gasteiger charge is 2.27. The van der Waals surface area contributed by atoms with Gasteiger partial charge in [0.25, 0.3) is 5.56 Å². The number of aryl methyl sites for hydroxylation is 1. The lowest BCUT2D eigenvalue weighted by atomic mass is 10.1. The smallest absolute Gasteiger partial charge is 0.354 e. The maximum atomic E-state index is 13.4. The Labute approximate surface area is 192 Å². The van der Waals surface area contributed by atoms with Gasteiger partial charge in [-0.3, -0.25) is 4.79 Å². The van der Waals surface area contributed by atoms with Gasteiger partial charge < -0.3 is 14.7 Å². The summed E-state index contributed by atoms with van der Waals surface area (Å²) in [6.45, 7) is 2.19. The minimum atomic E-state index is -1.26. The first kappa shape index (κ1) is 20.8. The van der Waals surface area contributed by atoms with Gasteiger partial charge in [0, 0.05) is 17.0 Å². The van der Waals surface area contributed by atoms with Crippen molar-refractivity contribution in [1.82, 2.24) is 14.1 Å². The predicted molar refractivity (Wildman–Crippen MR) is 128 cm³/mol. The van der Waals surface area contributed by atoms with Crippen LogP contribution in [0.3, 0.4) is 0 Å². The summed E-state index contributed by atoms with van der Waals surface area (Å²) >= 11 is 6.24. The van der Waals surface area contributed by atoms with Crippen LogP contribution in [-0.4, -0.2) is 25.2 Å². The Morgan fingerprint density at radius 3 is 2.55 bits per heavy atom. The zero-order valence-electron chi connectivity index (χ0n) is 17.5.